The van der Waals surface area contributed by atoms with Gasteiger partial charge < -0.3 is 9.47 Å². The van der Waals surface area contributed by atoms with Gasteiger partial charge in [-0.15, -0.1) is 0 Å². The van der Waals surface area contributed by atoms with Gasteiger partial charge in [-0.1, -0.05) is 18.2 Å². The van der Waals surface area contributed by atoms with Crippen LogP contribution in [0.5, 0.6) is 0 Å². The number of rotatable bonds is 3. The van der Waals surface area contributed by atoms with Crippen LogP contribution in [0, 0.1) is 0 Å². The van der Waals surface area contributed by atoms with E-state index in [2.05, 4.69) is 0 Å². The summed E-state index contributed by atoms with van der Waals surface area (Å²) in [6.07, 6.45) is 1.20. The molecule has 1 aromatic rings. The van der Waals surface area contributed by atoms with Gasteiger partial charge in [-0.05, 0) is 32.1 Å². The summed E-state index contributed by atoms with van der Waals surface area (Å²) in [5.41, 5.74) is 0. The summed E-state index contributed by atoms with van der Waals surface area (Å²) >= 11 is 0. The lowest BCUT2D eigenvalue weighted by Gasteiger charge is -2.15. The van der Waals surface area contributed by atoms with E-state index in [1.165, 1.54) is 11.5 Å². The molecule has 1 aliphatic rings. The molecule has 0 amide bonds. The maximum absolute atomic E-state index is 12.0. The molecule has 2 rings (SSSR count). The fraction of sp³-hybridized carbons (Fsp3) is 0.385. The summed E-state index contributed by atoms with van der Waals surface area (Å²) in [5.74, 6) is -0.647. The predicted octanol–water partition coefficient (Wildman–Crippen LogP) is 2.13. The van der Waals surface area contributed by atoms with Crippen LogP contribution in [0.3, 0.4) is 0 Å². The Morgan fingerprint density at radius 1 is 1.28 bits per heavy atom. The number of benzene rings is 1. The van der Waals surface area contributed by atoms with Gasteiger partial charge in [-0.25, -0.2) is 8.42 Å². The van der Waals surface area contributed by atoms with Gasteiger partial charge in [0.2, 0.25) is 0 Å². The molecular formula is C13H16O4S. The first kappa shape index (κ1) is 13.3. The van der Waals surface area contributed by atoms with Crippen molar-refractivity contribution in [2.75, 3.05) is 6.61 Å². The highest BCUT2D eigenvalue weighted by Gasteiger charge is 2.31. The number of sulfone groups is 1. The van der Waals surface area contributed by atoms with E-state index >= 15 is 0 Å². The minimum Gasteiger partial charge on any atom is -0.347 e. The lowest BCUT2D eigenvalue weighted by Crippen LogP contribution is -2.20. The predicted molar refractivity (Wildman–Crippen MR) is 67.7 cm³/mol. The van der Waals surface area contributed by atoms with E-state index in [1.807, 2.05) is 0 Å². The van der Waals surface area contributed by atoms with Crippen LogP contribution in [0.4, 0.5) is 0 Å². The van der Waals surface area contributed by atoms with E-state index in [-0.39, 0.29) is 11.0 Å². The Hall–Kier alpha value is -1.17. The molecule has 0 aromatic heterocycles. The van der Waals surface area contributed by atoms with Crippen LogP contribution in [0.2, 0.25) is 0 Å². The third-order valence-corrected chi connectivity index (χ3v) is 4.02. The molecule has 0 bridgehead atoms. The maximum atomic E-state index is 12.0. The maximum Gasteiger partial charge on any atom is 0.199 e. The Labute approximate surface area is 107 Å². The second kappa shape index (κ2) is 4.84. The van der Waals surface area contributed by atoms with Crippen molar-refractivity contribution >= 4 is 9.84 Å². The molecular weight excluding hydrogens is 252 g/mol. The van der Waals surface area contributed by atoms with Crippen LogP contribution in [0.25, 0.3) is 0 Å². The van der Waals surface area contributed by atoms with Crippen LogP contribution in [0.1, 0.15) is 13.8 Å². The summed E-state index contributed by atoms with van der Waals surface area (Å²) in [5, 5.41) is 1.18. The number of hydrogen-bond donors (Lipinski definition) is 0. The molecule has 1 heterocycles. The molecule has 0 N–H and O–H groups in total. The summed E-state index contributed by atoms with van der Waals surface area (Å²) in [6.45, 7) is 3.97. The van der Waals surface area contributed by atoms with E-state index < -0.39 is 15.6 Å². The zero-order chi connectivity index (χ0) is 13.2. The zero-order valence-corrected chi connectivity index (χ0v) is 11.2. The van der Waals surface area contributed by atoms with Crippen molar-refractivity contribution in [2.24, 2.45) is 0 Å². The van der Waals surface area contributed by atoms with E-state index in [1.54, 1.807) is 44.2 Å². The van der Waals surface area contributed by atoms with Gasteiger partial charge in [0.1, 0.15) is 6.10 Å². The lowest BCUT2D eigenvalue weighted by atomic mass is 10.4. The molecule has 4 nitrogen and oxygen atoms in total. The zero-order valence-electron chi connectivity index (χ0n) is 10.4. The Morgan fingerprint density at radius 3 is 2.50 bits per heavy atom. The monoisotopic (exact) mass is 268 g/mol. The highest BCUT2D eigenvalue weighted by molar-refractivity contribution is 7.94. The number of hydrogen-bond acceptors (Lipinski definition) is 4. The third kappa shape index (κ3) is 3.19. The van der Waals surface area contributed by atoms with E-state index in [4.69, 9.17) is 9.47 Å². The summed E-state index contributed by atoms with van der Waals surface area (Å²) in [4.78, 5) is 0.277. The van der Waals surface area contributed by atoms with Crippen molar-refractivity contribution in [1.29, 1.82) is 0 Å². The van der Waals surface area contributed by atoms with E-state index in [0.717, 1.165) is 0 Å². The molecule has 5 heteroatoms. The molecule has 1 aromatic carbocycles. The quantitative estimate of drug-likeness (QED) is 0.842. The van der Waals surface area contributed by atoms with Gasteiger partial charge in [0.05, 0.1) is 11.5 Å². The molecule has 0 saturated carbocycles. The first-order chi connectivity index (χ1) is 8.39. The lowest BCUT2D eigenvalue weighted by molar-refractivity contribution is -0.133. The molecule has 0 radical (unpaired) electrons. The van der Waals surface area contributed by atoms with Crippen molar-refractivity contribution in [3.63, 3.8) is 0 Å². The van der Waals surface area contributed by atoms with E-state index in [0.29, 0.717) is 6.61 Å². The molecule has 98 valence electrons. The SMILES string of the molecule is CC1(C)OC[C@H](C=CS(=O)(=O)c2ccccc2)O1. The average molecular weight is 268 g/mol. The number of ether oxygens (including phenoxy) is 2. The first-order valence-electron chi connectivity index (χ1n) is 5.69. The summed E-state index contributed by atoms with van der Waals surface area (Å²) in [7, 11) is -3.40. The average Bonchev–Trinajstić information content (AvgIpc) is 2.68. The van der Waals surface area contributed by atoms with Gasteiger partial charge in [0.25, 0.3) is 0 Å². The van der Waals surface area contributed by atoms with Gasteiger partial charge in [0, 0.05) is 5.41 Å². The Morgan fingerprint density at radius 2 is 1.94 bits per heavy atom. The highest BCUT2D eigenvalue weighted by Crippen LogP contribution is 2.23. The Kier molecular flexibility index (Phi) is 3.56. The molecule has 0 unspecified atom stereocenters. The first-order valence-corrected chi connectivity index (χ1v) is 7.24. The van der Waals surface area contributed by atoms with Crippen molar-refractivity contribution in [1.82, 2.24) is 0 Å². The Bertz CT molecular complexity index is 531. The minimum absolute atomic E-state index is 0.277. The molecule has 1 atom stereocenters. The van der Waals surface area contributed by atoms with Crippen LogP contribution >= 0.6 is 0 Å². The van der Waals surface area contributed by atoms with Gasteiger partial charge in [-0.2, -0.15) is 0 Å². The van der Waals surface area contributed by atoms with Crippen molar-refractivity contribution < 1.29 is 17.9 Å². The largest absolute Gasteiger partial charge is 0.347 e. The second-order valence-electron chi connectivity index (χ2n) is 4.55. The molecule has 1 saturated heterocycles. The van der Waals surface area contributed by atoms with Gasteiger partial charge in [-0.3, -0.25) is 0 Å². The Balaban J connectivity index is 2.10. The van der Waals surface area contributed by atoms with Gasteiger partial charge in [0.15, 0.2) is 15.6 Å². The fourth-order valence-electron chi connectivity index (χ4n) is 1.69. The standard InChI is InChI=1S/C13H16O4S/c1-13(2)16-10-11(17-13)8-9-18(14,15)12-6-4-3-5-7-12/h3-9,11H,10H2,1-2H3/t11-/m0/s1. The second-order valence-corrected chi connectivity index (χ2v) is 6.39. The molecule has 0 aliphatic carbocycles. The summed E-state index contributed by atoms with van der Waals surface area (Å²) in [6, 6.07) is 8.29. The van der Waals surface area contributed by atoms with Crippen molar-refractivity contribution in [3.05, 3.63) is 41.8 Å². The molecule has 1 aliphatic heterocycles. The summed E-state index contributed by atoms with van der Waals surface area (Å²) < 4.78 is 34.8. The van der Waals surface area contributed by atoms with Crippen LogP contribution in [-0.2, 0) is 19.3 Å². The fourth-order valence-corrected chi connectivity index (χ4v) is 2.77. The highest BCUT2D eigenvalue weighted by atomic mass is 32.2. The van der Waals surface area contributed by atoms with Gasteiger partial charge >= 0.3 is 0 Å². The van der Waals surface area contributed by atoms with Crippen molar-refractivity contribution in [3.8, 4) is 0 Å². The van der Waals surface area contributed by atoms with Crippen molar-refractivity contribution in [2.45, 2.75) is 30.6 Å². The molecule has 18 heavy (non-hydrogen) atoms. The smallest absolute Gasteiger partial charge is 0.199 e. The molecule has 0 spiro atoms. The molecule has 1 fully saturated rings. The van der Waals surface area contributed by atoms with Crippen LogP contribution in [-0.4, -0.2) is 26.9 Å². The van der Waals surface area contributed by atoms with Crippen LogP contribution < -0.4 is 0 Å². The normalized spacial score (nSPS) is 23.6. The van der Waals surface area contributed by atoms with Crippen LogP contribution in [0.15, 0.2) is 46.7 Å². The topological polar surface area (TPSA) is 52.6 Å². The van der Waals surface area contributed by atoms with E-state index in [9.17, 15) is 8.42 Å². The third-order valence-electron chi connectivity index (χ3n) is 2.57. The minimum atomic E-state index is -3.40.